The second kappa shape index (κ2) is 9.86. The van der Waals surface area contributed by atoms with Crippen LogP contribution in [-0.2, 0) is 4.79 Å². The van der Waals surface area contributed by atoms with Crippen molar-refractivity contribution >= 4 is 17.3 Å². The van der Waals surface area contributed by atoms with E-state index < -0.39 is 11.0 Å². The highest BCUT2D eigenvalue weighted by molar-refractivity contribution is 5.96. The molecule has 3 aromatic rings. The number of nitrogens with zero attached hydrogens (tertiary/aromatic N) is 1. The average molecular weight is 419 g/mol. The standard InChI is InChI=1S/C24H25N3O4/c1-16-9-11-19(12-10-16)23(18-7-5-4-6-8-18)25-17(2)24(28)26-21-14-13-20(27(29)30)15-22(21)31-3/h4-15,17,23,25H,1-3H3,(H,26,28)/t17-,23+/m0/s1. The number of anilines is 1. The first-order valence-electron chi connectivity index (χ1n) is 9.90. The number of benzene rings is 3. The van der Waals surface area contributed by atoms with Crippen LogP contribution < -0.4 is 15.4 Å². The van der Waals surface area contributed by atoms with Gasteiger partial charge in [-0.2, -0.15) is 0 Å². The Bertz CT molecular complexity index is 1050. The Morgan fingerprint density at radius 3 is 2.26 bits per heavy atom. The molecular formula is C24H25N3O4. The van der Waals surface area contributed by atoms with E-state index in [4.69, 9.17) is 4.74 Å². The minimum atomic E-state index is -0.550. The molecule has 0 spiro atoms. The largest absolute Gasteiger partial charge is 0.494 e. The van der Waals surface area contributed by atoms with Crippen molar-refractivity contribution in [2.45, 2.75) is 25.9 Å². The average Bonchev–Trinajstić information content (AvgIpc) is 2.78. The second-order valence-electron chi connectivity index (χ2n) is 7.27. The van der Waals surface area contributed by atoms with Crippen molar-refractivity contribution in [3.8, 4) is 5.75 Å². The number of nitro benzene ring substituents is 1. The first-order chi connectivity index (χ1) is 14.9. The summed E-state index contributed by atoms with van der Waals surface area (Å²) >= 11 is 0. The van der Waals surface area contributed by atoms with Crippen LogP contribution in [0.25, 0.3) is 0 Å². The number of ether oxygens (including phenoxy) is 1. The van der Waals surface area contributed by atoms with E-state index in [1.165, 1.54) is 25.3 Å². The Balaban J connectivity index is 1.80. The third-order valence-electron chi connectivity index (χ3n) is 5.01. The Morgan fingerprint density at radius 2 is 1.65 bits per heavy atom. The van der Waals surface area contributed by atoms with Crippen LogP contribution in [0.5, 0.6) is 5.75 Å². The van der Waals surface area contributed by atoms with Gasteiger partial charge in [-0.05, 0) is 31.0 Å². The number of hydrogen-bond donors (Lipinski definition) is 2. The van der Waals surface area contributed by atoms with Gasteiger partial charge in [0, 0.05) is 6.07 Å². The van der Waals surface area contributed by atoms with Crippen molar-refractivity contribution in [3.05, 3.63) is 99.6 Å². The molecule has 0 aromatic heterocycles. The molecule has 7 heteroatoms. The minimum absolute atomic E-state index is 0.107. The molecule has 0 radical (unpaired) electrons. The summed E-state index contributed by atoms with van der Waals surface area (Å²) in [5.74, 6) is -0.0481. The zero-order valence-corrected chi connectivity index (χ0v) is 17.7. The molecule has 0 aliphatic heterocycles. The fourth-order valence-electron chi connectivity index (χ4n) is 3.25. The van der Waals surface area contributed by atoms with E-state index in [-0.39, 0.29) is 23.4 Å². The van der Waals surface area contributed by atoms with Crippen molar-refractivity contribution in [1.82, 2.24) is 5.32 Å². The number of carbonyl (C=O) groups is 1. The number of non-ortho nitro benzene ring substituents is 1. The number of aryl methyl sites for hydroxylation is 1. The summed E-state index contributed by atoms with van der Waals surface area (Å²) < 4.78 is 5.21. The molecule has 7 nitrogen and oxygen atoms in total. The van der Waals surface area contributed by atoms with E-state index in [2.05, 4.69) is 10.6 Å². The van der Waals surface area contributed by atoms with Gasteiger partial charge in [-0.25, -0.2) is 0 Å². The fourth-order valence-corrected chi connectivity index (χ4v) is 3.25. The molecule has 0 unspecified atom stereocenters. The number of amides is 1. The maximum Gasteiger partial charge on any atom is 0.273 e. The summed E-state index contributed by atoms with van der Waals surface area (Å²) in [4.78, 5) is 23.4. The predicted molar refractivity (Wildman–Crippen MR) is 120 cm³/mol. The highest BCUT2D eigenvalue weighted by Gasteiger charge is 2.22. The molecule has 160 valence electrons. The highest BCUT2D eigenvalue weighted by Crippen LogP contribution is 2.29. The van der Waals surface area contributed by atoms with Gasteiger partial charge in [0.2, 0.25) is 5.91 Å². The molecule has 2 N–H and O–H groups in total. The molecule has 0 saturated carbocycles. The quantitative estimate of drug-likeness (QED) is 0.411. The zero-order valence-electron chi connectivity index (χ0n) is 17.7. The van der Waals surface area contributed by atoms with Crippen LogP contribution in [0.4, 0.5) is 11.4 Å². The Hall–Kier alpha value is -3.71. The molecule has 2 atom stereocenters. The third kappa shape index (κ3) is 5.46. The van der Waals surface area contributed by atoms with Crippen LogP contribution in [-0.4, -0.2) is 24.0 Å². The van der Waals surface area contributed by atoms with Crippen LogP contribution in [0.3, 0.4) is 0 Å². The number of carbonyl (C=O) groups excluding carboxylic acids is 1. The van der Waals surface area contributed by atoms with Gasteiger partial charge in [-0.1, -0.05) is 60.2 Å². The summed E-state index contributed by atoms with van der Waals surface area (Å²) in [5.41, 5.74) is 3.51. The maximum atomic E-state index is 12.9. The highest BCUT2D eigenvalue weighted by atomic mass is 16.6. The van der Waals surface area contributed by atoms with Gasteiger partial charge in [0.15, 0.2) is 0 Å². The van der Waals surface area contributed by atoms with Gasteiger partial charge in [0.1, 0.15) is 5.75 Å². The third-order valence-corrected chi connectivity index (χ3v) is 5.01. The van der Waals surface area contributed by atoms with Crippen LogP contribution in [0.2, 0.25) is 0 Å². The molecule has 3 rings (SSSR count). The van der Waals surface area contributed by atoms with E-state index in [1.807, 2.05) is 61.5 Å². The van der Waals surface area contributed by atoms with Gasteiger partial charge < -0.3 is 10.1 Å². The lowest BCUT2D eigenvalue weighted by molar-refractivity contribution is -0.384. The minimum Gasteiger partial charge on any atom is -0.494 e. The van der Waals surface area contributed by atoms with E-state index in [0.717, 1.165) is 16.7 Å². The van der Waals surface area contributed by atoms with Gasteiger partial charge in [-0.3, -0.25) is 20.2 Å². The lowest BCUT2D eigenvalue weighted by atomic mass is 9.97. The molecule has 0 fully saturated rings. The van der Waals surface area contributed by atoms with Crippen LogP contribution >= 0.6 is 0 Å². The Morgan fingerprint density at radius 1 is 1.00 bits per heavy atom. The summed E-state index contributed by atoms with van der Waals surface area (Å²) in [6, 6.07) is 21.4. The lowest BCUT2D eigenvalue weighted by Gasteiger charge is -2.24. The topological polar surface area (TPSA) is 93.5 Å². The van der Waals surface area contributed by atoms with E-state index >= 15 is 0 Å². The molecule has 0 heterocycles. The van der Waals surface area contributed by atoms with Crippen LogP contribution in [0, 0.1) is 17.0 Å². The van der Waals surface area contributed by atoms with Gasteiger partial charge in [-0.15, -0.1) is 0 Å². The Kier molecular flexibility index (Phi) is 6.99. The molecule has 0 bridgehead atoms. The number of hydrogen-bond acceptors (Lipinski definition) is 5. The summed E-state index contributed by atoms with van der Waals surface area (Å²) in [5, 5.41) is 17.2. The van der Waals surface area contributed by atoms with Crippen molar-refractivity contribution in [3.63, 3.8) is 0 Å². The lowest BCUT2D eigenvalue weighted by Crippen LogP contribution is -2.40. The summed E-state index contributed by atoms with van der Waals surface area (Å²) in [6.07, 6.45) is 0. The maximum absolute atomic E-state index is 12.9. The molecule has 3 aromatic carbocycles. The van der Waals surface area contributed by atoms with E-state index in [9.17, 15) is 14.9 Å². The number of nitro groups is 1. The summed E-state index contributed by atoms with van der Waals surface area (Å²) in [6.45, 7) is 3.81. The van der Waals surface area contributed by atoms with Gasteiger partial charge in [0.25, 0.3) is 5.69 Å². The van der Waals surface area contributed by atoms with Crippen molar-refractivity contribution in [2.75, 3.05) is 12.4 Å². The second-order valence-corrected chi connectivity index (χ2v) is 7.27. The normalized spacial score (nSPS) is 12.6. The zero-order chi connectivity index (χ0) is 22.4. The molecule has 1 amide bonds. The molecule has 0 saturated heterocycles. The van der Waals surface area contributed by atoms with Crippen LogP contribution in [0.1, 0.15) is 29.7 Å². The summed E-state index contributed by atoms with van der Waals surface area (Å²) in [7, 11) is 1.40. The smallest absolute Gasteiger partial charge is 0.273 e. The number of nitrogens with one attached hydrogen (secondary N) is 2. The SMILES string of the molecule is COc1cc([N+](=O)[O-])ccc1NC(=O)[C@H](C)N[C@H](c1ccccc1)c1ccc(C)cc1. The van der Waals surface area contributed by atoms with Gasteiger partial charge >= 0.3 is 0 Å². The van der Waals surface area contributed by atoms with Crippen molar-refractivity contribution in [2.24, 2.45) is 0 Å². The first-order valence-corrected chi connectivity index (χ1v) is 9.90. The van der Waals surface area contributed by atoms with Crippen molar-refractivity contribution < 1.29 is 14.5 Å². The predicted octanol–water partition coefficient (Wildman–Crippen LogP) is 4.62. The van der Waals surface area contributed by atoms with Crippen molar-refractivity contribution in [1.29, 1.82) is 0 Å². The Labute approximate surface area is 181 Å². The monoisotopic (exact) mass is 419 g/mol. The van der Waals surface area contributed by atoms with E-state index in [1.54, 1.807) is 6.92 Å². The van der Waals surface area contributed by atoms with Gasteiger partial charge in [0.05, 0.1) is 35.9 Å². The molecule has 0 aliphatic rings. The van der Waals surface area contributed by atoms with E-state index in [0.29, 0.717) is 5.69 Å². The molecule has 0 aliphatic carbocycles. The fraction of sp³-hybridized carbons (Fsp3) is 0.208. The number of methoxy groups -OCH3 is 1. The molecule has 31 heavy (non-hydrogen) atoms. The first kappa shape index (κ1) is 22.0. The van der Waals surface area contributed by atoms with Crippen LogP contribution in [0.15, 0.2) is 72.8 Å². The number of rotatable bonds is 8. The molecular weight excluding hydrogens is 394 g/mol.